The lowest BCUT2D eigenvalue weighted by atomic mass is 9.99. The minimum Gasteiger partial charge on any atom is -0.506 e. The molecule has 0 radical (unpaired) electrons. The summed E-state index contributed by atoms with van der Waals surface area (Å²) in [7, 11) is 0. The summed E-state index contributed by atoms with van der Waals surface area (Å²) in [6.07, 6.45) is 5.38. The van der Waals surface area contributed by atoms with Crippen molar-refractivity contribution in [2.45, 2.75) is 0 Å². The highest BCUT2D eigenvalue weighted by atomic mass is 35.5. The van der Waals surface area contributed by atoms with Gasteiger partial charge in [0, 0.05) is 34.2 Å². The molecular formula is C22H15Cl2N3O. The van der Waals surface area contributed by atoms with Crippen LogP contribution in [0.25, 0.3) is 11.3 Å². The summed E-state index contributed by atoms with van der Waals surface area (Å²) in [5, 5.41) is 13.8. The fourth-order valence-electron chi connectivity index (χ4n) is 2.93. The van der Waals surface area contributed by atoms with Crippen LogP contribution in [0.5, 0.6) is 5.75 Å². The van der Waals surface area contributed by atoms with Crippen molar-refractivity contribution in [2.24, 2.45) is 4.99 Å². The van der Waals surface area contributed by atoms with Gasteiger partial charge in [0.1, 0.15) is 11.6 Å². The van der Waals surface area contributed by atoms with E-state index in [1.54, 1.807) is 24.5 Å². The lowest BCUT2D eigenvalue weighted by Gasteiger charge is -2.14. The Balaban J connectivity index is 1.86. The summed E-state index contributed by atoms with van der Waals surface area (Å²) in [5.74, 6) is 0.607. The number of amidine groups is 1. The second kappa shape index (κ2) is 7.50. The third-order valence-electron chi connectivity index (χ3n) is 4.29. The van der Waals surface area contributed by atoms with Gasteiger partial charge in [0.2, 0.25) is 0 Å². The van der Waals surface area contributed by atoms with Gasteiger partial charge in [-0.3, -0.25) is 4.98 Å². The first-order chi connectivity index (χ1) is 13.5. The van der Waals surface area contributed by atoms with E-state index in [0.29, 0.717) is 16.5 Å². The number of hydrogen-bond acceptors (Lipinski definition) is 4. The van der Waals surface area contributed by atoms with Gasteiger partial charge in [-0.1, -0.05) is 35.8 Å². The average molecular weight is 408 g/mol. The van der Waals surface area contributed by atoms with E-state index in [2.05, 4.69) is 16.9 Å². The Morgan fingerprint density at radius 3 is 2.61 bits per heavy atom. The van der Waals surface area contributed by atoms with Crippen molar-refractivity contribution in [3.63, 3.8) is 0 Å². The molecule has 0 saturated heterocycles. The minimum atomic E-state index is 0.0165. The van der Waals surface area contributed by atoms with Crippen LogP contribution in [0.1, 0.15) is 16.7 Å². The van der Waals surface area contributed by atoms with E-state index in [-0.39, 0.29) is 10.8 Å². The molecule has 0 unspecified atom stereocenters. The van der Waals surface area contributed by atoms with Crippen molar-refractivity contribution in [1.29, 1.82) is 0 Å². The number of nitrogens with zero attached hydrogens (tertiary/aromatic N) is 2. The molecule has 138 valence electrons. The molecule has 4 nitrogen and oxygen atoms in total. The number of phenolic OH excluding ortho intramolecular Hbond substituents is 1. The van der Waals surface area contributed by atoms with E-state index in [4.69, 9.17) is 28.2 Å². The number of hydrogen-bond donors (Lipinski definition) is 2. The highest BCUT2D eigenvalue weighted by molar-refractivity contribution is 6.32. The Hall–Kier alpha value is -3.08. The van der Waals surface area contributed by atoms with Crippen LogP contribution in [-0.4, -0.2) is 15.9 Å². The van der Waals surface area contributed by atoms with Crippen LogP contribution in [0, 0.1) is 0 Å². The number of halogens is 2. The van der Waals surface area contributed by atoms with Crippen molar-refractivity contribution in [1.82, 2.24) is 4.98 Å². The average Bonchev–Trinajstić information content (AvgIpc) is 2.82. The third kappa shape index (κ3) is 3.65. The molecule has 2 N–H and O–H groups in total. The first-order valence-corrected chi connectivity index (χ1v) is 9.22. The van der Waals surface area contributed by atoms with Crippen LogP contribution in [-0.2, 0) is 0 Å². The van der Waals surface area contributed by atoms with Gasteiger partial charge >= 0.3 is 0 Å². The summed E-state index contributed by atoms with van der Waals surface area (Å²) in [5.41, 5.74) is 4.82. The van der Waals surface area contributed by atoms with E-state index < -0.39 is 0 Å². The predicted octanol–water partition coefficient (Wildman–Crippen LogP) is 6.02. The highest BCUT2D eigenvalue weighted by Crippen LogP contribution is 2.32. The Labute approximate surface area is 172 Å². The Kier molecular flexibility index (Phi) is 4.90. The molecule has 1 aromatic heterocycles. The SMILES string of the molecule is C=C1C=C(c2cccnc2)N=C(Nc2ccc(O)c(Cl)c2)c2cc(Cl)ccc21. The zero-order chi connectivity index (χ0) is 19.7. The number of rotatable bonds is 2. The molecule has 28 heavy (non-hydrogen) atoms. The second-order valence-electron chi connectivity index (χ2n) is 6.24. The zero-order valence-electron chi connectivity index (χ0n) is 14.7. The standard InChI is InChI=1S/C22H15Cl2N3O/c1-13-9-20(14-3-2-8-25-12-14)27-22(18-10-15(23)4-6-17(13)18)26-16-5-7-21(28)19(24)11-16/h2-12,28H,1H2,(H,26,27). The Morgan fingerprint density at radius 1 is 1.00 bits per heavy atom. The normalized spacial score (nSPS) is 13.3. The van der Waals surface area contributed by atoms with Gasteiger partial charge in [0.25, 0.3) is 0 Å². The maximum atomic E-state index is 9.68. The number of fused-ring (bicyclic) bond motifs is 1. The van der Waals surface area contributed by atoms with E-state index in [1.165, 1.54) is 6.07 Å². The topological polar surface area (TPSA) is 57.5 Å². The molecule has 2 heterocycles. The van der Waals surface area contributed by atoms with Gasteiger partial charge in [-0.05, 0) is 59.7 Å². The summed E-state index contributed by atoms with van der Waals surface area (Å²) in [6.45, 7) is 4.19. The number of aromatic hydroxyl groups is 1. The maximum absolute atomic E-state index is 9.68. The Bertz CT molecular complexity index is 1140. The van der Waals surface area contributed by atoms with E-state index in [9.17, 15) is 5.11 Å². The number of aliphatic imine (C=N–C) groups is 1. The largest absolute Gasteiger partial charge is 0.506 e. The van der Waals surface area contributed by atoms with E-state index in [0.717, 1.165) is 28.0 Å². The summed E-state index contributed by atoms with van der Waals surface area (Å²) in [6, 6.07) is 14.3. The van der Waals surface area contributed by atoms with E-state index >= 15 is 0 Å². The van der Waals surface area contributed by atoms with Crippen LogP contribution in [0.15, 0.2) is 78.6 Å². The van der Waals surface area contributed by atoms with Gasteiger partial charge < -0.3 is 10.4 Å². The van der Waals surface area contributed by atoms with Crippen LogP contribution in [0.4, 0.5) is 5.69 Å². The molecule has 3 aromatic rings. The smallest absolute Gasteiger partial charge is 0.139 e. The third-order valence-corrected chi connectivity index (χ3v) is 4.83. The number of aromatic nitrogens is 1. The number of phenols is 1. The van der Waals surface area contributed by atoms with Gasteiger partial charge in [0.05, 0.1) is 10.7 Å². The molecule has 0 saturated carbocycles. The molecule has 2 aromatic carbocycles. The number of benzene rings is 2. The number of anilines is 1. The van der Waals surface area contributed by atoms with Gasteiger partial charge in [-0.15, -0.1) is 0 Å². The summed E-state index contributed by atoms with van der Waals surface area (Å²) < 4.78 is 0. The lowest BCUT2D eigenvalue weighted by molar-refractivity contribution is 0.475. The molecule has 0 amide bonds. The molecule has 1 aliphatic rings. The van der Waals surface area contributed by atoms with Crippen LogP contribution >= 0.6 is 23.2 Å². The fraction of sp³-hybridized carbons (Fsp3) is 0. The van der Waals surface area contributed by atoms with Crippen molar-refractivity contribution in [2.75, 3.05) is 5.32 Å². The number of nitrogens with one attached hydrogen (secondary N) is 1. The quantitative estimate of drug-likeness (QED) is 0.510. The fourth-order valence-corrected chi connectivity index (χ4v) is 3.28. The minimum absolute atomic E-state index is 0.0165. The van der Waals surface area contributed by atoms with Gasteiger partial charge in [-0.2, -0.15) is 0 Å². The Morgan fingerprint density at radius 2 is 1.86 bits per heavy atom. The van der Waals surface area contributed by atoms with Crippen LogP contribution in [0.2, 0.25) is 10.0 Å². The van der Waals surface area contributed by atoms with Gasteiger partial charge in [0.15, 0.2) is 0 Å². The van der Waals surface area contributed by atoms with Crippen LogP contribution < -0.4 is 5.32 Å². The molecular weight excluding hydrogens is 393 g/mol. The van der Waals surface area contributed by atoms with Crippen molar-refractivity contribution >= 4 is 46.0 Å². The molecule has 6 heteroatoms. The molecule has 0 bridgehead atoms. The second-order valence-corrected chi connectivity index (χ2v) is 7.08. The van der Waals surface area contributed by atoms with Gasteiger partial charge in [-0.25, -0.2) is 4.99 Å². The molecule has 4 rings (SSSR count). The van der Waals surface area contributed by atoms with Crippen molar-refractivity contribution in [3.05, 3.63) is 100 Å². The molecule has 0 spiro atoms. The number of pyridine rings is 1. The molecule has 0 aliphatic carbocycles. The first-order valence-electron chi connectivity index (χ1n) is 8.47. The summed E-state index contributed by atoms with van der Waals surface area (Å²) in [4.78, 5) is 9.01. The van der Waals surface area contributed by atoms with Crippen molar-refractivity contribution in [3.8, 4) is 5.75 Å². The van der Waals surface area contributed by atoms with E-state index in [1.807, 2.05) is 36.4 Å². The number of allylic oxidation sites excluding steroid dienone is 2. The zero-order valence-corrected chi connectivity index (χ0v) is 16.2. The first kappa shape index (κ1) is 18.3. The summed E-state index contributed by atoms with van der Waals surface area (Å²) >= 11 is 12.3. The maximum Gasteiger partial charge on any atom is 0.139 e. The molecule has 1 aliphatic heterocycles. The molecule has 0 atom stereocenters. The highest BCUT2D eigenvalue weighted by Gasteiger charge is 2.18. The molecule has 0 fully saturated rings. The van der Waals surface area contributed by atoms with Crippen molar-refractivity contribution < 1.29 is 5.11 Å². The van der Waals surface area contributed by atoms with Crippen LogP contribution in [0.3, 0.4) is 0 Å². The predicted molar refractivity (Wildman–Crippen MR) is 116 cm³/mol. The lowest BCUT2D eigenvalue weighted by Crippen LogP contribution is -2.15. The monoisotopic (exact) mass is 407 g/mol.